The van der Waals surface area contributed by atoms with E-state index in [-0.39, 0.29) is 6.10 Å². The first-order valence-corrected chi connectivity index (χ1v) is 9.94. The van der Waals surface area contributed by atoms with Crippen LogP contribution >= 0.6 is 0 Å². The van der Waals surface area contributed by atoms with Crippen LogP contribution in [0.1, 0.15) is 61.4 Å². The Morgan fingerprint density at radius 3 is 2.92 bits per heavy atom. The van der Waals surface area contributed by atoms with Crippen molar-refractivity contribution in [1.29, 1.82) is 0 Å². The van der Waals surface area contributed by atoms with Gasteiger partial charge in [0, 0.05) is 30.7 Å². The molecule has 1 aromatic heterocycles. The maximum absolute atomic E-state index is 5.81. The average molecular weight is 349 g/mol. The van der Waals surface area contributed by atoms with Crippen LogP contribution in [0.2, 0.25) is 0 Å². The zero-order chi connectivity index (χ0) is 17.8. The minimum atomic E-state index is 0.283. The molecular weight excluding hydrogens is 322 g/mol. The molecule has 26 heavy (non-hydrogen) atoms. The van der Waals surface area contributed by atoms with Crippen LogP contribution in [-0.4, -0.2) is 27.7 Å². The summed E-state index contributed by atoms with van der Waals surface area (Å²) in [7, 11) is 0. The van der Waals surface area contributed by atoms with Crippen molar-refractivity contribution in [3.8, 4) is 11.8 Å². The van der Waals surface area contributed by atoms with Crippen molar-refractivity contribution >= 4 is 0 Å². The molecule has 1 aliphatic heterocycles. The third-order valence-electron chi connectivity index (χ3n) is 5.24. The van der Waals surface area contributed by atoms with Crippen LogP contribution in [0.5, 0.6) is 0 Å². The Hall–Kier alpha value is -2.12. The number of hydrogen-bond acceptors (Lipinski definition) is 3. The molecule has 136 valence electrons. The predicted octanol–water partition coefficient (Wildman–Crippen LogP) is 3.76. The van der Waals surface area contributed by atoms with Gasteiger partial charge in [0.25, 0.3) is 0 Å². The largest absolute Gasteiger partial charge is 0.376 e. The summed E-state index contributed by atoms with van der Waals surface area (Å²) in [5, 5.41) is 8.70. The Bertz CT molecular complexity index is 804. The van der Waals surface area contributed by atoms with Gasteiger partial charge in [-0.15, -0.1) is 5.10 Å². The number of aromatic nitrogens is 3. The number of rotatable bonds is 5. The van der Waals surface area contributed by atoms with Gasteiger partial charge in [-0.1, -0.05) is 36.1 Å². The highest BCUT2D eigenvalue weighted by molar-refractivity contribution is 5.47. The van der Waals surface area contributed by atoms with E-state index in [4.69, 9.17) is 4.74 Å². The second kappa shape index (κ2) is 8.05. The van der Waals surface area contributed by atoms with Gasteiger partial charge in [-0.25, -0.2) is 4.68 Å². The highest BCUT2D eigenvalue weighted by Crippen LogP contribution is 2.28. The van der Waals surface area contributed by atoms with E-state index in [2.05, 4.69) is 53.5 Å². The Kier molecular flexibility index (Phi) is 5.36. The van der Waals surface area contributed by atoms with Gasteiger partial charge in [0.15, 0.2) is 0 Å². The lowest BCUT2D eigenvalue weighted by atomic mass is 9.96. The number of nitrogens with zero attached hydrogens (tertiary/aromatic N) is 3. The molecule has 1 atom stereocenters. The molecule has 2 fully saturated rings. The standard InChI is InChI=1S/C22H27N3O/c1-2-22-18(12-11-17-9-10-17)6-5-7-19(22)14-20-15-25(24-23-20)16-21-8-3-4-13-26-21/h5-7,15,17,21H,2-4,8-10,13-14,16H2,1H3. The van der Waals surface area contributed by atoms with E-state index in [0.717, 1.165) is 38.1 Å². The summed E-state index contributed by atoms with van der Waals surface area (Å²) >= 11 is 0. The van der Waals surface area contributed by atoms with Crippen LogP contribution in [0.25, 0.3) is 0 Å². The Morgan fingerprint density at radius 1 is 1.23 bits per heavy atom. The van der Waals surface area contributed by atoms with Crippen LogP contribution in [0.3, 0.4) is 0 Å². The van der Waals surface area contributed by atoms with Gasteiger partial charge in [-0.2, -0.15) is 0 Å². The Labute approximate surface area is 155 Å². The number of benzene rings is 1. The van der Waals surface area contributed by atoms with E-state index in [9.17, 15) is 0 Å². The molecule has 2 heterocycles. The van der Waals surface area contributed by atoms with E-state index in [1.54, 1.807) is 0 Å². The zero-order valence-electron chi connectivity index (χ0n) is 15.6. The van der Waals surface area contributed by atoms with Crippen molar-refractivity contribution in [1.82, 2.24) is 15.0 Å². The SMILES string of the molecule is CCc1c(C#CC2CC2)cccc1Cc1cn(CC2CCCCO2)nn1. The summed E-state index contributed by atoms with van der Waals surface area (Å²) in [5.74, 6) is 7.43. The van der Waals surface area contributed by atoms with E-state index >= 15 is 0 Å². The van der Waals surface area contributed by atoms with Gasteiger partial charge in [-0.3, -0.25) is 0 Å². The van der Waals surface area contributed by atoms with E-state index in [1.807, 2.05) is 4.68 Å². The van der Waals surface area contributed by atoms with Crippen molar-refractivity contribution in [2.24, 2.45) is 5.92 Å². The molecule has 2 aromatic rings. The average Bonchev–Trinajstić information content (AvgIpc) is 3.40. The van der Waals surface area contributed by atoms with E-state index < -0.39 is 0 Å². The summed E-state index contributed by atoms with van der Waals surface area (Å²) < 4.78 is 7.75. The minimum absolute atomic E-state index is 0.283. The number of ether oxygens (including phenoxy) is 1. The molecule has 4 nitrogen and oxygen atoms in total. The monoisotopic (exact) mass is 349 g/mol. The topological polar surface area (TPSA) is 39.9 Å². The second-order valence-corrected chi connectivity index (χ2v) is 7.44. The fourth-order valence-electron chi connectivity index (χ4n) is 3.61. The van der Waals surface area contributed by atoms with Crippen molar-refractivity contribution in [2.45, 2.75) is 64.5 Å². The summed E-state index contributed by atoms with van der Waals surface area (Å²) in [6.07, 6.45) is 10.2. The third kappa shape index (κ3) is 4.34. The molecule has 4 rings (SSSR count). The quantitative estimate of drug-likeness (QED) is 0.772. The van der Waals surface area contributed by atoms with Crippen LogP contribution in [-0.2, 0) is 24.1 Å². The smallest absolute Gasteiger partial charge is 0.0870 e. The first kappa shape index (κ1) is 17.3. The van der Waals surface area contributed by atoms with Crippen molar-refractivity contribution in [3.05, 3.63) is 46.8 Å². The molecule has 0 amide bonds. The van der Waals surface area contributed by atoms with Gasteiger partial charge in [0.05, 0.1) is 18.3 Å². The van der Waals surface area contributed by atoms with Crippen molar-refractivity contribution in [2.75, 3.05) is 6.61 Å². The fraction of sp³-hybridized carbons (Fsp3) is 0.545. The maximum Gasteiger partial charge on any atom is 0.0870 e. The summed E-state index contributed by atoms with van der Waals surface area (Å²) in [4.78, 5) is 0. The highest BCUT2D eigenvalue weighted by atomic mass is 16.5. The van der Waals surface area contributed by atoms with Crippen LogP contribution in [0.4, 0.5) is 0 Å². The summed E-state index contributed by atoms with van der Waals surface area (Å²) in [6, 6.07) is 6.46. The maximum atomic E-state index is 5.81. The first-order chi connectivity index (χ1) is 12.8. The molecule has 1 aliphatic carbocycles. The molecule has 4 heteroatoms. The molecule has 1 unspecified atom stereocenters. The summed E-state index contributed by atoms with van der Waals surface area (Å²) in [6.45, 7) is 3.89. The molecule has 0 radical (unpaired) electrons. The molecule has 1 aromatic carbocycles. The summed E-state index contributed by atoms with van der Waals surface area (Å²) in [5.41, 5.74) is 4.87. The predicted molar refractivity (Wildman–Crippen MR) is 102 cm³/mol. The Balaban J connectivity index is 1.46. The normalized spacial score (nSPS) is 19.8. The van der Waals surface area contributed by atoms with Crippen LogP contribution in [0, 0.1) is 17.8 Å². The first-order valence-electron chi connectivity index (χ1n) is 9.94. The van der Waals surface area contributed by atoms with Gasteiger partial charge >= 0.3 is 0 Å². The van der Waals surface area contributed by atoms with E-state index in [1.165, 1.54) is 42.4 Å². The zero-order valence-corrected chi connectivity index (χ0v) is 15.6. The molecule has 0 N–H and O–H groups in total. The van der Waals surface area contributed by atoms with Crippen LogP contribution < -0.4 is 0 Å². The molecule has 0 bridgehead atoms. The van der Waals surface area contributed by atoms with Gasteiger partial charge in [-0.05, 0) is 55.7 Å². The fourth-order valence-corrected chi connectivity index (χ4v) is 3.61. The lowest BCUT2D eigenvalue weighted by Gasteiger charge is -2.21. The molecule has 0 spiro atoms. The minimum Gasteiger partial charge on any atom is -0.376 e. The highest BCUT2D eigenvalue weighted by Gasteiger charge is 2.18. The van der Waals surface area contributed by atoms with Crippen molar-refractivity contribution < 1.29 is 4.74 Å². The Morgan fingerprint density at radius 2 is 2.15 bits per heavy atom. The molecular formula is C22H27N3O. The van der Waals surface area contributed by atoms with Gasteiger partial charge in [0.1, 0.15) is 0 Å². The second-order valence-electron chi connectivity index (χ2n) is 7.44. The van der Waals surface area contributed by atoms with Gasteiger partial charge < -0.3 is 4.74 Å². The molecule has 1 saturated heterocycles. The van der Waals surface area contributed by atoms with Crippen molar-refractivity contribution in [3.63, 3.8) is 0 Å². The third-order valence-corrected chi connectivity index (χ3v) is 5.24. The van der Waals surface area contributed by atoms with E-state index in [0.29, 0.717) is 5.92 Å². The number of hydrogen-bond donors (Lipinski definition) is 0. The molecule has 1 saturated carbocycles. The molecule has 2 aliphatic rings. The lowest BCUT2D eigenvalue weighted by Crippen LogP contribution is -2.24. The van der Waals surface area contributed by atoms with Gasteiger partial charge in [0.2, 0.25) is 0 Å². The lowest BCUT2D eigenvalue weighted by molar-refractivity contribution is 0.00370. The van der Waals surface area contributed by atoms with Crippen LogP contribution in [0.15, 0.2) is 24.4 Å².